The number of nitrogens with two attached hydrogens (primary N) is 1. The van der Waals surface area contributed by atoms with Crippen molar-refractivity contribution in [2.24, 2.45) is 0 Å². The lowest BCUT2D eigenvalue weighted by atomic mass is 10.1. The quantitative estimate of drug-likeness (QED) is 0.289. The van der Waals surface area contributed by atoms with Crippen molar-refractivity contribution >= 4 is 64.9 Å². The molecule has 2 fully saturated rings. The molecule has 0 bridgehead atoms. The van der Waals surface area contributed by atoms with Crippen molar-refractivity contribution in [1.82, 2.24) is 25.8 Å². The lowest BCUT2D eigenvalue weighted by Crippen LogP contribution is -2.64. The highest BCUT2D eigenvalue weighted by atomic mass is 35.5. The molecule has 0 spiro atoms. The van der Waals surface area contributed by atoms with Crippen LogP contribution in [0.3, 0.4) is 0 Å². The summed E-state index contributed by atoms with van der Waals surface area (Å²) in [5.74, 6) is -3.32. The highest BCUT2D eigenvalue weighted by Gasteiger charge is 2.44. The minimum Gasteiger partial charge on any atom is -0.481 e. The second-order valence-electron chi connectivity index (χ2n) is 7.85. The number of nitrogens with one attached hydrogen (secondary N) is 2. The molecule has 5 amide bonds. The molecule has 0 radical (unpaired) electrons. The zero-order chi connectivity index (χ0) is 25.9. The van der Waals surface area contributed by atoms with Crippen LogP contribution in [0.5, 0.6) is 0 Å². The highest BCUT2D eigenvalue weighted by Crippen LogP contribution is 2.29. The van der Waals surface area contributed by atoms with E-state index >= 15 is 0 Å². The van der Waals surface area contributed by atoms with Crippen molar-refractivity contribution in [3.05, 3.63) is 27.7 Å². The molecule has 1 aromatic rings. The van der Waals surface area contributed by atoms with E-state index in [0.717, 1.165) is 15.0 Å². The molecular weight excluding hydrogens is 507 g/mol. The number of aliphatic carboxylic acids is 1. The zero-order valence-electron chi connectivity index (χ0n) is 18.2. The zero-order valence-corrected chi connectivity index (χ0v) is 19.7. The van der Waals surface area contributed by atoms with E-state index in [9.17, 15) is 28.8 Å². The first kappa shape index (κ1) is 26.0. The molecule has 13 nitrogen and oxygen atoms in total. The summed E-state index contributed by atoms with van der Waals surface area (Å²) < 4.78 is 0. The number of carbonyl (C=O) groups excluding carboxylic acids is 5. The van der Waals surface area contributed by atoms with Gasteiger partial charge in [0.2, 0.25) is 11.8 Å². The molecule has 15 heteroatoms. The molecule has 5 N–H and O–H groups in total. The van der Waals surface area contributed by atoms with E-state index in [2.05, 4.69) is 10.7 Å². The number of aldehydes is 1. The summed E-state index contributed by atoms with van der Waals surface area (Å²) in [7, 11) is 0. The van der Waals surface area contributed by atoms with Crippen LogP contribution in [-0.2, 0) is 19.2 Å². The van der Waals surface area contributed by atoms with Gasteiger partial charge in [0.05, 0.1) is 34.7 Å². The third-order valence-corrected chi connectivity index (χ3v) is 6.06. The number of carboxylic acids is 1. The maximum atomic E-state index is 13.4. The molecule has 188 valence electrons. The van der Waals surface area contributed by atoms with E-state index in [0.29, 0.717) is 6.42 Å². The third kappa shape index (κ3) is 5.74. The van der Waals surface area contributed by atoms with Gasteiger partial charge in [0, 0.05) is 18.5 Å². The second kappa shape index (κ2) is 10.8. The molecule has 2 aliphatic rings. The van der Waals surface area contributed by atoms with Gasteiger partial charge in [0.15, 0.2) is 0 Å². The van der Waals surface area contributed by atoms with Crippen molar-refractivity contribution in [2.75, 3.05) is 18.8 Å². The van der Waals surface area contributed by atoms with Crippen LogP contribution in [0.2, 0.25) is 10.0 Å². The lowest BCUT2D eigenvalue weighted by Gasteiger charge is -2.42. The largest absolute Gasteiger partial charge is 0.481 e. The van der Waals surface area contributed by atoms with Gasteiger partial charge in [-0.1, -0.05) is 23.2 Å². The number of urea groups is 1. The number of carbonyl (C=O) groups is 6. The molecule has 0 aliphatic carbocycles. The first-order valence-corrected chi connectivity index (χ1v) is 11.2. The van der Waals surface area contributed by atoms with Crippen LogP contribution >= 0.6 is 23.2 Å². The molecule has 1 aromatic carbocycles. The molecular formula is C20H22Cl2N6O7. The van der Waals surface area contributed by atoms with Crippen molar-refractivity contribution in [1.29, 1.82) is 0 Å². The van der Waals surface area contributed by atoms with Crippen LogP contribution < -0.4 is 16.5 Å². The maximum Gasteiger partial charge on any atom is 0.358 e. The average molecular weight is 529 g/mol. The van der Waals surface area contributed by atoms with Gasteiger partial charge >= 0.3 is 12.0 Å². The minimum absolute atomic E-state index is 0.00450. The van der Waals surface area contributed by atoms with Crippen molar-refractivity contribution in [3.63, 3.8) is 0 Å². The molecule has 2 aliphatic heterocycles. The number of benzene rings is 1. The number of carboxylic acid groups (broad SMARTS) is 1. The number of fused-ring (bicyclic) bond motifs is 1. The van der Waals surface area contributed by atoms with Gasteiger partial charge in [-0.05, 0) is 25.0 Å². The molecule has 2 atom stereocenters. The van der Waals surface area contributed by atoms with Crippen LogP contribution in [-0.4, -0.2) is 81.3 Å². The summed E-state index contributed by atoms with van der Waals surface area (Å²) in [5, 5.41) is 14.2. The molecule has 0 aromatic heterocycles. The Kier molecular flexibility index (Phi) is 8.02. The lowest BCUT2D eigenvalue weighted by molar-refractivity contribution is -0.155. The molecule has 2 heterocycles. The van der Waals surface area contributed by atoms with E-state index in [-0.39, 0.29) is 53.5 Å². The predicted octanol–water partition coefficient (Wildman–Crippen LogP) is 0.412. The van der Waals surface area contributed by atoms with Gasteiger partial charge in [-0.2, -0.15) is 0 Å². The molecule has 0 saturated carbocycles. The fraction of sp³-hybridized carbons (Fsp3) is 0.400. The highest BCUT2D eigenvalue weighted by molar-refractivity contribution is 6.39. The maximum absolute atomic E-state index is 13.4. The number of hydrazine groups is 2. The van der Waals surface area contributed by atoms with Crippen LogP contribution in [0.1, 0.15) is 36.0 Å². The summed E-state index contributed by atoms with van der Waals surface area (Å²) in [4.78, 5) is 73.8. The Morgan fingerprint density at radius 2 is 1.86 bits per heavy atom. The van der Waals surface area contributed by atoms with E-state index in [1.165, 1.54) is 12.1 Å². The van der Waals surface area contributed by atoms with Gasteiger partial charge in [-0.15, -0.1) is 0 Å². The Balaban J connectivity index is 1.83. The summed E-state index contributed by atoms with van der Waals surface area (Å²) in [5.41, 5.74) is 8.15. The Hall–Kier alpha value is -3.58. The SMILES string of the molecule is Nc1c(Cl)cc(C(=O)NN2CCC(=O)N3CCCC(C(=O)NC(C=O)CC(=O)O)N3C2=O)cc1Cl. The summed E-state index contributed by atoms with van der Waals surface area (Å²) in [6.45, 7) is -0.0251. The number of hydrogen-bond acceptors (Lipinski definition) is 7. The first-order chi connectivity index (χ1) is 16.5. The molecule has 35 heavy (non-hydrogen) atoms. The van der Waals surface area contributed by atoms with Gasteiger partial charge in [0.1, 0.15) is 12.3 Å². The normalized spacial score (nSPS) is 18.9. The van der Waals surface area contributed by atoms with Crippen LogP contribution in [0.4, 0.5) is 10.5 Å². The topological polar surface area (TPSA) is 182 Å². The van der Waals surface area contributed by atoms with Crippen LogP contribution in [0.25, 0.3) is 0 Å². The fourth-order valence-corrected chi connectivity index (χ4v) is 4.21. The van der Waals surface area contributed by atoms with Gasteiger partial charge < -0.3 is 21.0 Å². The number of halogens is 2. The Morgan fingerprint density at radius 1 is 1.20 bits per heavy atom. The van der Waals surface area contributed by atoms with Crippen molar-refractivity contribution in [2.45, 2.75) is 37.8 Å². The number of rotatable bonds is 7. The number of nitrogens with zero attached hydrogens (tertiary/aromatic N) is 3. The second-order valence-corrected chi connectivity index (χ2v) is 8.66. The fourth-order valence-electron chi connectivity index (χ4n) is 3.72. The van der Waals surface area contributed by atoms with Crippen LogP contribution in [0.15, 0.2) is 12.1 Å². The van der Waals surface area contributed by atoms with Crippen molar-refractivity contribution < 1.29 is 33.9 Å². The van der Waals surface area contributed by atoms with Gasteiger partial charge in [0.25, 0.3) is 5.91 Å². The third-order valence-electron chi connectivity index (χ3n) is 5.43. The monoisotopic (exact) mass is 528 g/mol. The molecule has 3 rings (SSSR count). The Labute approximate surface area is 209 Å². The summed E-state index contributed by atoms with van der Waals surface area (Å²) >= 11 is 11.9. The van der Waals surface area contributed by atoms with E-state index < -0.39 is 48.2 Å². The first-order valence-electron chi connectivity index (χ1n) is 10.5. The number of amides is 5. The van der Waals surface area contributed by atoms with E-state index in [4.69, 9.17) is 34.0 Å². The van der Waals surface area contributed by atoms with Gasteiger partial charge in [-0.3, -0.25) is 24.6 Å². The predicted molar refractivity (Wildman–Crippen MR) is 122 cm³/mol. The minimum atomic E-state index is -1.32. The number of nitrogen functional groups attached to an aromatic ring is 1. The number of hydrogen-bond donors (Lipinski definition) is 4. The average Bonchev–Trinajstić information content (AvgIpc) is 2.93. The van der Waals surface area contributed by atoms with Gasteiger partial charge in [-0.25, -0.2) is 19.8 Å². The van der Waals surface area contributed by atoms with Crippen molar-refractivity contribution in [3.8, 4) is 0 Å². The standard InChI is InChI=1S/C20H22Cl2N6O7/c21-12-6-10(7-13(22)17(12)23)18(33)25-26-5-3-15(30)27-4-1-2-14(28(27)20(26)35)19(34)24-11(9-29)8-16(31)32/h6-7,9,11,14H,1-5,8,23H2,(H,24,34)(H,25,33)(H,31,32). The smallest absolute Gasteiger partial charge is 0.358 e. The summed E-state index contributed by atoms with van der Waals surface area (Å²) in [6, 6.07) is -0.871. The summed E-state index contributed by atoms with van der Waals surface area (Å²) in [6.07, 6.45) is 0.0129. The molecule has 2 saturated heterocycles. The van der Waals surface area contributed by atoms with Crippen LogP contribution in [0, 0.1) is 0 Å². The van der Waals surface area contributed by atoms with E-state index in [1.807, 2.05) is 0 Å². The van der Waals surface area contributed by atoms with E-state index in [1.54, 1.807) is 0 Å². The Morgan fingerprint density at radius 3 is 2.46 bits per heavy atom. The molecule has 2 unspecified atom stereocenters. The Bertz CT molecular complexity index is 1060. The number of anilines is 1.